The van der Waals surface area contributed by atoms with Crippen LogP contribution in [0.2, 0.25) is 0 Å². The Labute approximate surface area is 142 Å². The van der Waals surface area contributed by atoms with Crippen LogP contribution in [0.4, 0.5) is 0 Å². The van der Waals surface area contributed by atoms with E-state index in [-0.39, 0.29) is 29.0 Å². The van der Waals surface area contributed by atoms with Gasteiger partial charge in [-0.05, 0) is 41.8 Å². The van der Waals surface area contributed by atoms with E-state index in [0.717, 1.165) is 11.1 Å². The second kappa shape index (κ2) is 5.66. The maximum atomic E-state index is 12.3. The van der Waals surface area contributed by atoms with E-state index in [2.05, 4.69) is 0 Å². The molecule has 0 radical (unpaired) electrons. The molecule has 0 saturated heterocycles. The summed E-state index contributed by atoms with van der Waals surface area (Å²) in [5, 5.41) is 0. The quantitative estimate of drug-likeness (QED) is 0.543. The lowest BCUT2D eigenvalue weighted by molar-refractivity contribution is -0.138. The van der Waals surface area contributed by atoms with Crippen molar-refractivity contribution in [3.05, 3.63) is 70.3 Å². The Balaban J connectivity index is 1.99. The van der Waals surface area contributed by atoms with Crippen LogP contribution >= 0.6 is 0 Å². The topological polar surface area (TPSA) is 86.7 Å². The Hall–Kier alpha value is -3.28. The minimum absolute atomic E-state index is 0.0648. The molecule has 6 nitrogen and oxygen atoms in total. The highest BCUT2D eigenvalue weighted by Crippen LogP contribution is 2.33. The summed E-state index contributed by atoms with van der Waals surface area (Å²) in [4.78, 5) is 48.6. The first-order valence-corrected chi connectivity index (χ1v) is 7.78. The zero-order chi connectivity index (χ0) is 17.6. The highest BCUT2D eigenvalue weighted by Gasteiger charge is 2.29. The predicted molar refractivity (Wildman–Crippen MR) is 84.1 cm³/mol. The molecule has 0 N–H and O–H groups in total. The first kappa shape index (κ1) is 15.3. The van der Waals surface area contributed by atoms with E-state index in [1.807, 2.05) is 0 Å². The summed E-state index contributed by atoms with van der Waals surface area (Å²) in [6, 6.07) is 11.3. The van der Waals surface area contributed by atoms with Gasteiger partial charge in [0.25, 0.3) is 0 Å². The molecule has 2 aromatic rings. The van der Waals surface area contributed by atoms with Gasteiger partial charge in [-0.15, -0.1) is 0 Å². The van der Waals surface area contributed by atoms with Gasteiger partial charge in [0, 0.05) is 12.3 Å². The van der Waals surface area contributed by atoms with Crippen LogP contribution < -0.4 is 0 Å². The van der Waals surface area contributed by atoms with Gasteiger partial charge in [0.05, 0.1) is 16.7 Å². The van der Waals surface area contributed by atoms with Crippen molar-refractivity contribution in [3.8, 4) is 0 Å². The molecule has 0 saturated carbocycles. The lowest BCUT2D eigenvalue weighted by atomic mass is 9.85. The van der Waals surface area contributed by atoms with Crippen molar-refractivity contribution >= 4 is 23.9 Å². The second-order valence-corrected chi connectivity index (χ2v) is 5.96. The van der Waals surface area contributed by atoms with Crippen molar-refractivity contribution in [2.24, 2.45) is 0 Å². The molecule has 0 spiro atoms. The number of carbonyl (C=O) groups excluding carboxylic acids is 4. The molecule has 124 valence electrons. The monoisotopic (exact) mass is 336 g/mol. The number of cyclic esters (lactones) is 2. The van der Waals surface area contributed by atoms with E-state index in [0.29, 0.717) is 6.42 Å². The molecular weight excluding hydrogens is 324 g/mol. The van der Waals surface area contributed by atoms with Crippen molar-refractivity contribution in [2.45, 2.75) is 18.8 Å². The van der Waals surface area contributed by atoms with Crippen molar-refractivity contribution in [3.63, 3.8) is 0 Å². The van der Waals surface area contributed by atoms with Crippen molar-refractivity contribution in [1.82, 2.24) is 0 Å². The Bertz CT molecular complexity index is 925. The van der Waals surface area contributed by atoms with Gasteiger partial charge in [-0.3, -0.25) is 4.79 Å². The summed E-state index contributed by atoms with van der Waals surface area (Å²) in [5.41, 5.74) is 1.74. The van der Waals surface area contributed by atoms with Crippen LogP contribution in [0.5, 0.6) is 0 Å². The zero-order valence-corrected chi connectivity index (χ0v) is 13.0. The molecule has 6 bridgehead atoms. The van der Waals surface area contributed by atoms with Gasteiger partial charge in [-0.2, -0.15) is 0 Å². The molecule has 0 aliphatic carbocycles. The lowest BCUT2D eigenvalue weighted by Gasteiger charge is -2.19. The number of benzene rings is 2. The first-order valence-electron chi connectivity index (χ1n) is 7.78. The fourth-order valence-corrected chi connectivity index (χ4v) is 3.17. The molecule has 0 fully saturated rings. The standard InChI is InChI=1S/C19H12O6/c20-16-8-7-13-10-1-3-11(4-2-10)17(21)25-18(22)14-6-5-12(13)9-15(14)19(23)24-16/h1-6,9,13H,7-8H2. The molecule has 1 unspecified atom stereocenters. The molecule has 2 aromatic carbocycles. The van der Waals surface area contributed by atoms with Crippen LogP contribution in [0.25, 0.3) is 0 Å². The van der Waals surface area contributed by atoms with Crippen LogP contribution in [0, 0.1) is 0 Å². The molecule has 5 aliphatic heterocycles. The van der Waals surface area contributed by atoms with E-state index in [4.69, 9.17) is 9.47 Å². The van der Waals surface area contributed by atoms with Crippen LogP contribution in [0.15, 0.2) is 42.5 Å². The Morgan fingerprint density at radius 3 is 2.16 bits per heavy atom. The molecule has 5 heterocycles. The minimum Gasteiger partial charge on any atom is -0.389 e. The van der Waals surface area contributed by atoms with Crippen LogP contribution in [-0.4, -0.2) is 23.9 Å². The molecule has 1 atom stereocenters. The van der Waals surface area contributed by atoms with E-state index >= 15 is 0 Å². The van der Waals surface area contributed by atoms with Gasteiger partial charge in [0.1, 0.15) is 0 Å². The molecule has 0 aromatic heterocycles. The number of hydrogen-bond donors (Lipinski definition) is 0. The largest absolute Gasteiger partial charge is 0.389 e. The SMILES string of the molecule is O=C1CCC2c3ccc(cc3)C(=O)OC(=O)c3ccc2cc3C(=O)O1. The van der Waals surface area contributed by atoms with Gasteiger partial charge in [0.15, 0.2) is 0 Å². The summed E-state index contributed by atoms with van der Waals surface area (Å²) in [6.45, 7) is 0. The summed E-state index contributed by atoms with van der Waals surface area (Å²) in [5.74, 6) is -3.50. The number of esters is 4. The van der Waals surface area contributed by atoms with Crippen LogP contribution in [-0.2, 0) is 14.3 Å². The van der Waals surface area contributed by atoms with Gasteiger partial charge >= 0.3 is 23.9 Å². The normalized spacial score (nSPS) is 19.4. The average molecular weight is 336 g/mol. The summed E-state index contributed by atoms with van der Waals surface area (Å²) >= 11 is 0. The summed E-state index contributed by atoms with van der Waals surface area (Å²) in [7, 11) is 0. The van der Waals surface area contributed by atoms with Crippen molar-refractivity contribution < 1.29 is 28.7 Å². The smallest absolute Gasteiger partial charge is 0.346 e. The molecule has 6 heteroatoms. The molecule has 7 rings (SSSR count). The van der Waals surface area contributed by atoms with Crippen molar-refractivity contribution in [2.75, 3.05) is 0 Å². The third kappa shape index (κ3) is 2.61. The number of rotatable bonds is 0. The number of hydrogen-bond acceptors (Lipinski definition) is 6. The molecule has 5 aliphatic rings. The Morgan fingerprint density at radius 1 is 0.720 bits per heavy atom. The van der Waals surface area contributed by atoms with Gasteiger partial charge < -0.3 is 9.47 Å². The van der Waals surface area contributed by atoms with Gasteiger partial charge in [0.2, 0.25) is 0 Å². The fourth-order valence-electron chi connectivity index (χ4n) is 3.17. The highest BCUT2D eigenvalue weighted by atomic mass is 16.6. The maximum Gasteiger partial charge on any atom is 0.346 e. The van der Waals surface area contributed by atoms with Crippen molar-refractivity contribution in [1.29, 1.82) is 0 Å². The van der Waals surface area contributed by atoms with E-state index < -0.39 is 23.9 Å². The first-order chi connectivity index (χ1) is 12.0. The minimum atomic E-state index is -0.962. The Kier molecular flexibility index (Phi) is 3.46. The summed E-state index contributed by atoms with van der Waals surface area (Å²) in [6.07, 6.45) is 0.512. The predicted octanol–water partition coefficient (Wildman–Crippen LogP) is 2.61. The van der Waals surface area contributed by atoms with Gasteiger partial charge in [-0.25, -0.2) is 14.4 Å². The van der Waals surface area contributed by atoms with Crippen LogP contribution in [0.1, 0.15) is 61.0 Å². The molecule has 0 amide bonds. The highest BCUT2D eigenvalue weighted by molar-refractivity contribution is 6.09. The Morgan fingerprint density at radius 2 is 1.40 bits per heavy atom. The number of carbonyl (C=O) groups is 4. The fraction of sp³-hybridized carbons (Fsp3) is 0.158. The third-order valence-electron chi connectivity index (χ3n) is 4.46. The third-order valence-corrected chi connectivity index (χ3v) is 4.46. The second-order valence-electron chi connectivity index (χ2n) is 5.96. The number of ether oxygens (including phenoxy) is 2. The maximum absolute atomic E-state index is 12.3. The van der Waals surface area contributed by atoms with Gasteiger partial charge in [-0.1, -0.05) is 18.2 Å². The molecular formula is C19H12O6. The average Bonchev–Trinajstić information content (AvgIpc) is 2.64. The van der Waals surface area contributed by atoms with Crippen LogP contribution in [0.3, 0.4) is 0 Å². The zero-order valence-electron chi connectivity index (χ0n) is 13.0. The van der Waals surface area contributed by atoms with E-state index in [1.54, 1.807) is 30.3 Å². The van der Waals surface area contributed by atoms with E-state index in [1.165, 1.54) is 12.1 Å². The van der Waals surface area contributed by atoms with E-state index in [9.17, 15) is 19.2 Å². The molecule has 25 heavy (non-hydrogen) atoms. The lowest BCUT2D eigenvalue weighted by Crippen LogP contribution is -2.19. The summed E-state index contributed by atoms with van der Waals surface area (Å²) < 4.78 is 9.66.